The van der Waals surface area contributed by atoms with Crippen LogP contribution in [0.2, 0.25) is 0 Å². The zero-order chi connectivity index (χ0) is 55.3. The van der Waals surface area contributed by atoms with E-state index in [0.29, 0.717) is 61.3 Å². The Bertz CT molecular complexity index is 2960. The van der Waals surface area contributed by atoms with Gasteiger partial charge in [0.1, 0.15) is 12.2 Å². The monoisotopic (exact) mass is 1130 g/mol. The molecule has 2 saturated heterocycles. The lowest BCUT2D eigenvalue weighted by molar-refractivity contribution is -0.151. The van der Waals surface area contributed by atoms with Crippen molar-refractivity contribution in [2.45, 2.75) is 156 Å². The molecule has 4 heterocycles. The number of fused-ring (bicyclic) bond motifs is 3. The first-order valence-electron chi connectivity index (χ1n) is 27.1. The molecule has 0 bridgehead atoms. The summed E-state index contributed by atoms with van der Waals surface area (Å²) in [6, 6.07) is 24.1. The van der Waals surface area contributed by atoms with Gasteiger partial charge in [-0.05, 0) is 101 Å². The van der Waals surface area contributed by atoms with Crippen molar-refractivity contribution in [1.29, 1.82) is 0 Å². The van der Waals surface area contributed by atoms with Gasteiger partial charge < -0.3 is 48.3 Å². The third-order valence-electron chi connectivity index (χ3n) is 15.2. The second-order valence-corrected chi connectivity index (χ2v) is 25.4. The second kappa shape index (κ2) is 24.5. The van der Waals surface area contributed by atoms with Crippen LogP contribution in [-0.2, 0) is 61.5 Å². The predicted octanol–water partition coefficient (Wildman–Crippen LogP) is 7.25. The number of hydrogen-bond donors (Lipinski definition) is 2. The summed E-state index contributed by atoms with van der Waals surface area (Å²) in [5.74, 6) is 0.948. The van der Waals surface area contributed by atoms with Gasteiger partial charge in [0.2, 0.25) is 13.6 Å². The van der Waals surface area contributed by atoms with Gasteiger partial charge in [-0.3, -0.25) is 14.6 Å². The van der Waals surface area contributed by atoms with E-state index in [0.717, 1.165) is 34.6 Å². The van der Waals surface area contributed by atoms with Gasteiger partial charge >= 0.3 is 12.2 Å². The van der Waals surface area contributed by atoms with Gasteiger partial charge in [-0.25, -0.2) is 26.4 Å². The number of carbonyl (C=O) groups excluding carboxylic acids is 2. The van der Waals surface area contributed by atoms with Crippen molar-refractivity contribution < 1.29 is 79.1 Å². The first-order valence-corrected chi connectivity index (χ1v) is 30.0. The highest BCUT2D eigenvalue weighted by atomic mass is 32.2. The SMILES string of the molecule is CC(C)(C)N(C(=O)O[C@H]1CO[C@H]2OCC[C@H]21)C(Cc1ccccc1)C(CN(OC1CCCC1)S(=O)(=O)c1ccc2c(c1)OCO2)OC(=O)N[C@@H](Cc1ccccc1)[C@@H](O)CN(OC1CCCC1)S(=O)(=O)c1ccc2c(c1)OCO2. The van der Waals surface area contributed by atoms with Gasteiger partial charge in [0.05, 0.1) is 72.4 Å². The lowest BCUT2D eigenvalue weighted by atomic mass is 9.94. The average Bonchev–Trinajstić information content (AvgIpc) is 4.31. The summed E-state index contributed by atoms with van der Waals surface area (Å²) in [5, 5.41) is 15.3. The van der Waals surface area contributed by atoms with E-state index in [2.05, 4.69) is 5.32 Å². The molecule has 23 heteroatoms. The summed E-state index contributed by atoms with van der Waals surface area (Å²) >= 11 is 0. The van der Waals surface area contributed by atoms with Crippen LogP contribution in [0.3, 0.4) is 0 Å². The van der Waals surface area contributed by atoms with E-state index in [-0.39, 0.29) is 60.2 Å². The number of rotatable bonds is 22. The lowest BCUT2D eigenvalue weighted by Gasteiger charge is -2.45. The standard InChI is InChI=1S/C56H70N4O17S2/c1-56(2,3)60(55(63)75-52-34-69-53-43(52)26-27-68-53)45(29-38-16-8-5-9-17-38)51(33-59(77-40-20-12-13-21-40)79(66,67)42-23-25-48-50(31-42)73-36-71-48)74-54(62)57-44(28-37-14-6-4-7-15-37)46(61)32-58(76-39-18-10-11-19-39)78(64,65)41-22-24-47-49(30-41)72-35-70-47/h4-9,14-17,22-25,30-31,39-40,43-46,51-53,61H,10-13,18-21,26-29,32-36H2,1-3H3,(H,57,62)/t43-,44-,45?,46-,51?,52-,53+/m0/s1. The molecular weight excluding hydrogens is 1060 g/mol. The number of benzene rings is 4. The Morgan fingerprint density at radius 2 is 1.19 bits per heavy atom. The van der Waals surface area contributed by atoms with Gasteiger partial charge in [0, 0.05) is 17.7 Å². The van der Waals surface area contributed by atoms with Crippen molar-refractivity contribution in [2.75, 3.05) is 39.9 Å². The van der Waals surface area contributed by atoms with Crippen LogP contribution >= 0.6 is 0 Å². The van der Waals surface area contributed by atoms with E-state index < -0.39 is 99.8 Å². The van der Waals surface area contributed by atoms with Crippen LogP contribution in [0.5, 0.6) is 23.0 Å². The number of sulfonamides is 2. The molecule has 428 valence electrons. The second-order valence-electron chi connectivity index (χ2n) is 21.7. The molecule has 2 unspecified atom stereocenters. The van der Waals surface area contributed by atoms with E-state index in [4.69, 9.17) is 47.6 Å². The van der Waals surface area contributed by atoms with Crippen LogP contribution in [0.15, 0.2) is 107 Å². The maximum atomic E-state index is 15.2. The van der Waals surface area contributed by atoms with Crippen molar-refractivity contribution in [3.8, 4) is 23.0 Å². The molecule has 2 amide bonds. The quantitative estimate of drug-likeness (QED) is 0.0737. The molecule has 4 aromatic carbocycles. The molecule has 2 saturated carbocycles. The van der Waals surface area contributed by atoms with Crippen LogP contribution in [0, 0.1) is 5.92 Å². The number of ether oxygens (including phenoxy) is 8. The van der Waals surface area contributed by atoms with Gasteiger partial charge in [-0.15, -0.1) is 0 Å². The minimum absolute atomic E-state index is 0.0179. The minimum atomic E-state index is -4.63. The van der Waals surface area contributed by atoms with Crippen LogP contribution in [-0.4, -0.2) is 142 Å². The van der Waals surface area contributed by atoms with Crippen molar-refractivity contribution in [3.63, 3.8) is 0 Å². The highest BCUT2D eigenvalue weighted by Gasteiger charge is 2.49. The van der Waals surface area contributed by atoms with E-state index in [1.54, 1.807) is 45.0 Å². The van der Waals surface area contributed by atoms with Crippen LogP contribution in [0.25, 0.3) is 0 Å². The normalized spacial score (nSPS) is 21.7. The number of hydroxylamine groups is 2. The Labute approximate surface area is 461 Å². The van der Waals surface area contributed by atoms with Gasteiger partial charge in [-0.2, -0.15) is 0 Å². The molecule has 10 rings (SSSR count). The summed E-state index contributed by atoms with van der Waals surface area (Å²) in [6.07, 6.45) is -1.24. The number of aliphatic hydroxyl groups is 1. The third kappa shape index (κ3) is 13.4. The first-order chi connectivity index (χ1) is 38.0. The van der Waals surface area contributed by atoms with Gasteiger partial charge in [0.15, 0.2) is 29.3 Å². The molecular formula is C56H70N4O17S2. The van der Waals surface area contributed by atoms with E-state index >= 15 is 18.0 Å². The molecule has 0 aromatic heterocycles. The summed E-state index contributed by atoms with van der Waals surface area (Å²) in [5.41, 5.74) is 0.304. The zero-order valence-corrected chi connectivity index (χ0v) is 46.2. The third-order valence-corrected chi connectivity index (χ3v) is 18.4. The summed E-state index contributed by atoms with van der Waals surface area (Å²) in [6.45, 7) is 4.46. The Morgan fingerprint density at radius 1 is 0.671 bits per heavy atom. The topological polar surface area (TPSA) is 237 Å². The van der Waals surface area contributed by atoms with Gasteiger partial charge in [0.25, 0.3) is 20.0 Å². The molecule has 21 nitrogen and oxygen atoms in total. The van der Waals surface area contributed by atoms with Crippen LogP contribution in [0.1, 0.15) is 89.7 Å². The van der Waals surface area contributed by atoms with Crippen molar-refractivity contribution in [1.82, 2.24) is 19.2 Å². The van der Waals surface area contributed by atoms with Crippen LogP contribution < -0.4 is 24.3 Å². The molecule has 0 spiro atoms. The molecule has 79 heavy (non-hydrogen) atoms. The molecule has 4 fully saturated rings. The predicted molar refractivity (Wildman–Crippen MR) is 283 cm³/mol. The number of aliphatic hydroxyl groups excluding tert-OH is 1. The molecule has 4 aromatic rings. The number of hydrogen-bond acceptors (Lipinski definition) is 17. The summed E-state index contributed by atoms with van der Waals surface area (Å²) < 4.78 is 108. The Morgan fingerprint density at radius 3 is 1.73 bits per heavy atom. The van der Waals surface area contributed by atoms with Crippen LogP contribution in [0.4, 0.5) is 9.59 Å². The zero-order valence-electron chi connectivity index (χ0n) is 44.6. The van der Waals surface area contributed by atoms with Crippen molar-refractivity contribution in [2.24, 2.45) is 5.92 Å². The Hall–Kier alpha value is -5.76. The summed E-state index contributed by atoms with van der Waals surface area (Å²) in [4.78, 5) is 44.2. The number of nitrogens with one attached hydrogen (secondary N) is 1. The molecule has 2 N–H and O–H groups in total. The molecule has 6 aliphatic rings. The molecule has 2 aliphatic carbocycles. The highest BCUT2D eigenvalue weighted by molar-refractivity contribution is 7.89. The maximum absolute atomic E-state index is 15.2. The fourth-order valence-corrected chi connectivity index (χ4v) is 13.7. The molecule has 0 radical (unpaired) electrons. The number of alkyl carbamates (subject to hydrolysis) is 1. The fraction of sp³-hybridized carbons (Fsp3) is 0.536. The fourth-order valence-electron chi connectivity index (χ4n) is 11.0. The molecule has 4 aliphatic heterocycles. The van der Waals surface area contributed by atoms with E-state index in [1.165, 1.54) is 41.3 Å². The largest absolute Gasteiger partial charge is 0.454 e. The van der Waals surface area contributed by atoms with E-state index in [9.17, 15) is 13.5 Å². The number of amides is 2. The van der Waals surface area contributed by atoms with Crippen molar-refractivity contribution >= 4 is 32.2 Å². The summed E-state index contributed by atoms with van der Waals surface area (Å²) in [7, 11) is -9.12. The smallest absolute Gasteiger partial charge is 0.410 e. The average molecular weight is 1140 g/mol. The minimum Gasteiger partial charge on any atom is -0.454 e. The Balaban J connectivity index is 1.02. The lowest BCUT2D eigenvalue weighted by Crippen LogP contribution is -2.61. The first kappa shape index (κ1) is 56.5. The number of carbonyl (C=O) groups is 2. The Kier molecular flexibility index (Phi) is 17.6. The number of nitrogens with zero attached hydrogens (tertiary/aromatic N) is 3. The highest BCUT2D eigenvalue weighted by Crippen LogP contribution is 2.39. The maximum Gasteiger partial charge on any atom is 0.410 e. The van der Waals surface area contributed by atoms with E-state index in [1.807, 2.05) is 36.4 Å². The van der Waals surface area contributed by atoms with Crippen molar-refractivity contribution in [3.05, 3.63) is 108 Å². The van der Waals surface area contributed by atoms with Gasteiger partial charge in [-0.1, -0.05) is 95.3 Å². The molecule has 7 atom stereocenters.